The highest BCUT2D eigenvalue weighted by Crippen LogP contribution is 2.38. The summed E-state index contributed by atoms with van der Waals surface area (Å²) < 4.78 is 0. The molecule has 0 spiro atoms. The third kappa shape index (κ3) is 2.59. The van der Waals surface area contributed by atoms with E-state index < -0.39 is 0 Å². The molecular formula is C11H16ClN3. The maximum absolute atomic E-state index is 5.66. The van der Waals surface area contributed by atoms with Gasteiger partial charge in [0.25, 0.3) is 0 Å². The summed E-state index contributed by atoms with van der Waals surface area (Å²) in [5.41, 5.74) is 0.827. The molecule has 0 amide bonds. The van der Waals surface area contributed by atoms with Gasteiger partial charge in [0.2, 0.25) is 0 Å². The first-order valence-corrected chi connectivity index (χ1v) is 5.84. The molecule has 2 rings (SSSR count). The van der Waals surface area contributed by atoms with Gasteiger partial charge < -0.3 is 4.90 Å². The lowest BCUT2D eigenvalue weighted by Gasteiger charge is -2.17. The van der Waals surface area contributed by atoms with Crippen molar-refractivity contribution in [2.24, 2.45) is 11.8 Å². The molecule has 2 unspecified atom stereocenters. The largest absolute Gasteiger partial charge is 0.358 e. The predicted molar refractivity (Wildman–Crippen MR) is 62.1 cm³/mol. The van der Waals surface area contributed by atoms with Crippen molar-refractivity contribution in [2.75, 3.05) is 18.5 Å². The molecule has 4 heteroatoms. The Morgan fingerprint density at radius 1 is 1.47 bits per heavy atom. The second-order valence-electron chi connectivity index (χ2n) is 4.37. The van der Waals surface area contributed by atoms with Crippen LogP contribution in [0.3, 0.4) is 0 Å². The molecule has 1 aromatic heterocycles. The molecule has 1 fully saturated rings. The Balaban J connectivity index is 1.95. The van der Waals surface area contributed by atoms with Crippen molar-refractivity contribution in [3.05, 3.63) is 17.8 Å². The molecule has 0 radical (unpaired) electrons. The number of hydrogen-bond acceptors (Lipinski definition) is 3. The molecule has 0 N–H and O–H groups in total. The van der Waals surface area contributed by atoms with Gasteiger partial charge in [-0.2, -0.15) is 5.10 Å². The van der Waals surface area contributed by atoms with Crippen molar-refractivity contribution < 1.29 is 0 Å². The van der Waals surface area contributed by atoms with Crippen LogP contribution < -0.4 is 4.90 Å². The summed E-state index contributed by atoms with van der Waals surface area (Å²) in [7, 11) is 2.06. The molecule has 0 aromatic carbocycles. The first kappa shape index (κ1) is 10.7. The van der Waals surface area contributed by atoms with E-state index in [1.807, 2.05) is 12.1 Å². The Kier molecular flexibility index (Phi) is 3.10. The number of aromatic nitrogens is 2. The van der Waals surface area contributed by atoms with Crippen molar-refractivity contribution in [2.45, 2.75) is 19.2 Å². The zero-order valence-corrected chi connectivity index (χ0v) is 9.91. The second-order valence-corrected chi connectivity index (χ2v) is 4.64. The molecule has 0 saturated heterocycles. The lowest BCUT2D eigenvalue weighted by molar-refractivity contribution is 0.713. The summed E-state index contributed by atoms with van der Waals surface area (Å²) in [6.07, 6.45) is 1.34. The van der Waals surface area contributed by atoms with Gasteiger partial charge in [0.1, 0.15) is 0 Å². The first-order chi connectivity index (χ1) is 7.20. The van der Waals surface area contributed by atoms with Crippen LogP contribution in [0.1, 0.15) is 19.0 Å². The van der Waals surface area contributed by atoms with Crippen molar-refractivity contribution >= 4 is 17.4 Å². The fourth-order valence-electron chi connectivity index (χ4n) is 1.73. The summed E-state index contributed by atoms with van der Waals surface area (Å²) in [5.74, 6) is 3.08. The van der Waals surface area contributed by atoms with Crippen LogP contribution in [0, 0.1) is 11.8 Å². The fourth-order valence-corrected chi connectivity index (χ4v) is 1.87. The quantitative estimate of drug-likeness (QED) is 0.737. The number of rotatable bonds is 4. The minimum Gasteiger partial charge on any atom is -0.358 e. The van der Waals surface area contributed by atoms with Gasteiger partial charge in [-0.25, -0.2) is 0 Å². The van der Waals surface area contributed by atoms with Gasteiger partial charge in [-0.15, -0.1) is 16.7 Å². The average Bonchev–Trinajstić information content (AvgIpc) is 2.94. The van der Waals surface area contributed by atoms with E-state index in [1.54, 1.807) is 0 Å². The Bertz CT molecular complexity index is 325. The van der Waals surface area contributed by atoms with E-state index in [0.717, 1.165) is 29.9 Å². The van der Waals surface area contributed by atoms with Crippen LogP contribution in [0.5, 0.6) is 0 Å². The monoisotopic (exact) mass is 225 g/mol. The first-order valence-electron chi connectivity index (χ1n) is 5.30. The van der Waals surface area contributed by atoms with E-state index >= 15 is 0 Å². The van der Waals surface area contributed by atoms with E-state index in [0.29, 0.717) is 5.88 Å². The average molecular weight is 226 g/mol. The summed E-state index contributed by atoms with van der Waals surface area (Å²) in [5, 5.41) is 8.19. The smallest absolute Gasteiger partial charge is 0.150 e. The topological polar surface area (TPSA) is 29.0 Å². The van der Waals surface area contributed by atoms with Crippen LogP contribution in [0.25, 0.3) is 0 Å². The van der Waals surface area contributed by atoms with Crippen LogP contribution in [-0.4, -0.2) is 23.8 Å². The molecule has 0 aliphatic heterocycles. The lowest BCUT2D eigenvalue weighted by Crippen LogP contribution is -2.22. The Hall–Kier alpha value is -0.830. The number of hydrogen-bond donors (Lipinski definition) is 0. The van der Waals surface area contributed by atoms with Gasteiger partial charge in [0.15, 0.2) is 5.82 Å². The van der Waals surface area contributed by atoms with Crippen molar-refractivity contribution in [1.82, 2.24) is 10.2 Å². The van der Waals surface area contributed by atoms with Crippen LogP contribution in [0.4, 0.5) is 5.82 Å². The standard InChI is InChI=1S/C11H16ClN3/c1-8-5-9(8)7-15(2)11-4-3-10(6-12)13-14-11/h3-4,8-9H,5-7H2,1-2H3. The molecule has 82 valence electrons. The van der Waals surface area contributed by atoms with E-state index in [2.05, 4.69) is 29.1 Å². The van der Waals surface area contributed by atoms with Crippen LogP contribution in [0.2, 0.25) is 0 Å². The fraction of sp³-hybridized carbons (Fsp3) is 0.636. The number of alkyl halides is 1. The molecule has 1 aliphatic rings. The molecule has 1 aromatic rings. The Labute approximate surface area is 95.5 Å². The van der Waals surface area contributed by atoms with Gasteiger partial charge in [-0.3, -0.25) is 0 Å². The SMILES string of the molecule is CC1CC1CN(C)c1ccc(CCl)nn1. The third-order valence-corrected chi connectivity index (χ3v) is 3.29. The zero-order chi connectivity index (χ0) is 10.8. The molecular weight excluding hydrogens is 210 g/mol. The van der Waals surface area contributed by atoms with Gasteiger partial charge >= 0.3 is 0 Å². The van der Waals surface area contributed by atoms with Crippen molar-refractivity contribution in [1.29, 1.82) is 0 Å². The minimum atomic E-state index is 0.427. The summed E-state index contributed by atoms with van der Waals surface area (Å²) in [4.78, 5) is 2.17. The highest BCUT2D eigenvalue weighted by Gasteiger charge is 2.33. The third-order valence-electron chi connectivity index (χ3n) is 3.02. The van der Waals surface area contributed by atoms with Gasteiger partial charge in [-0.05, 0) is 30.4 Å². The second kappa shape index (κ2) is 4.35. The Morgan fingerprint density at radius 2 is 2.20 bits per heavy atom. The predicted octanol–water partition coefficient (Wildman–Crippen LogP) is 2.31. The molecule has 15 heavy (non-hydrogen) atoms. The number of nitrogens with zero attached hydrogens (tertiary/aromatic N) is 3. The van der Waals surface area contributed by atoms with Gasteiger partial charge in [-0.1, -0.05) is 6.92 Å². The van der Waals surface area contributed by atoms with E-state index in [1.165, 1.54) is 6.42 Å². The summed E-state index contributed by atoms with van der Waals surface area (Å²) >= 11 is 5.66. The van der Waals surface area contributed by atoms with Crippen molar-refractivity contribution in [3.8, 4) is 0 Å². The zero-order valence-electron chi connectivity index (χ0n) is 9.15. The van der Waals surface area contributed by atoms with Gasteiger partial charge in [0.05, 0.1) is 11.6 Å². The molecule has 1 aliphatic carbocycles. The molecule has 1 saturated carbocycles. The van der Waals surface area contributed by atoms with E-state index in [9.17, 15) is 0 Å². The number of halogens is 1. The maximum Gasteiger partial charge on any atom is 0.150 e. The molecule has 3 nitrogen and oxygen atoms in total. The maximum atomic E-state index is 5.66. The van der Waals surface area contributed by atoms with Gasteiger partial charge in [0, 0.05) is 13.6 Å². The van der Waals surface area contributed by atoms with E-state index in [-0.39, 0.29) is 0 Å². The van der Waals surface area contributed by atoms with Crippen LogP contribution in [0.15, 0.2) is 12.1 Å². The normalized spacial score (nSPS) is 23.9. The Morgan fingerprint density at radius 3 is 2.67 bits per heavy atom. The van der Waals surface area contributed by atoms with Crippen molar-refractivity contribution in [3.63, 3.8) is 0 Å². The minimum absolute atomic E-state index is 0.427. The highest BCUT2D eigenvalue weighted by atomic mass is 35.5. The highest BCUT2D eigenvalue weighted by molar-refractivity contribution is 6.16. The summed E-state index contributed by atoms with van der Waals surface area (Å²) in [6.45, 7) is 3.37. The molecule has 2 atom stereocenters. The molecule has 1 heterocycles. The van der Waals surface area contributed by atoms with Crippen LogP contribution >= 0.6 is 11.6 Å². The summed E-state index contributed by atoms with van der Waals surface area (Å²) in [6, 6.07) is 3.92. The lowest BCUT2D eigenvalue weighted by atomic mass is 10.3. The molecule has 0 bridgehead atoms. The number of anilines is 1. The van der Waals surface area contributed by atoms with E-state index in [4.69, 9.17) is 11.6 Å². The van der Waals surface area contributed by atoms with Crippen LogP contribution in [-0.2, 0) is 5.88 Å².